The Hall–Kier alpha value is -1.42. The van der Waals surface area contributed by atoms with E-state index in [0.29, 0.717) is 6.04 Å². The van der Waals surface area contributed by atoms with Gasteiger partial charge in [-0.3, -0.25) is 0 Å². The monoisotopic (exact) mass is 680 g/mol. The fourth-order valence-corrected chi connectivity index (χ4v) is 7.41. The van der Waals surface area contributed by atoms with Gasteiger partial charge in [0.15, 0.2) is 5.79 Å². The van der Waals surface area contributed by atoms with Gasteiger partial charge in [0.05, 0.1) is 12.2 Å². The lowest BCUT2D eigenvalue weighted by molar-refractivity contribution is -0.192. The first-order chi connectivity index (χ1) is 24.1. The van der Waals surface area contributed by atoms with Crippen molar-refractivity contribution in [2.75, 3.05) is 14.1 Å². The molecule has 49 heavy (non-hydrogen) atoms. The minimum absolute atomic E-state index is 0.286. The van der Waals surface area contributed by atoms with Crippen molar-refractivity contribution in [2.45, 2.75) is 218 Å². The largest absolute Gasteiger partial charge is 0.344 e. The molecule has 0 spiro atoms. The van der Waals surface area contributed by atoms with Gasteiger partial charge in [-0.05, 0) is 110 Å². The van der Waals surface area contributed by atoms with E-state index in [2.05, 4.69) is 93.6 Å². The van der Waals surface area contributed by atoms with Crippen molar-refractivity contribution in [3.05, 3.63) is 60.8 Å². The van der Waals surface area contributed by atoms with Crippen LogP contribution in [0.15, 0.2) is 60.8 Å². The van der Waals surface area contributed by atoms with Crippen LogP contribution in [-0.2, 0) is 9.47 Å². The Labute approximate surface area is 306 Å². The van der Waals surface area contributed by atoms with Crippen LogP contribution in [0.2, 0.25) is 0 Å². The van der Waals surface area contributed by atoms with Gasteiger partial charge < -0.3 is 14.4 Å². The van der Waals surface area contributed by atoms with Crippen molar-refractivity contribution in [1.82, 2.24) is 4.90 Å². The van der Waals surface area contributed by atoms with Crippen molar-refractivity contribution in [2.24, 2.45) is 0 Å². The molecule has 3 heteroatoms. The van der Waals surface area contributed by atoms with Crippen LogP contribution in [-0.4, -0.2) is 43.0 Å². The van der Waals surface area contributed by atoms with Crippen molar-refractivity contribution in [1.29, 1.82) is 0 Å². The first-order valence-electron chi connectivity index (χ1n) is 21.4. The summed E-state index contributed by atoms with van der Waals surface area (Å²) in [7, 11) is 4.39. The minimum atomic E-state index is -0.336. The molecular formula is C46H81NO2. The van der Waals surface area contributed by atoms with Gasteiger partial charge in [0.1, 0.15) is 0 Å². The van der Waals surface area contributed by atoms with Crippen LogP contribution in [0, 0.1) is 0 Å². The van der Waals surface area contributed by atoms with Crippen molar-refractivity contribution < 1.29 is 9.47 Å². The van der Waals surface area contributed by atoms with Crippen LogP contribution in [0.25, 0.3) is 0 Å². The van der Waals surface area contributed by atoms with Gasteiger partial charge in [0.25, 0.3) is 0 Å². The van der Waals surface area contributed by atoms with Gasteiger partial charge >= 0.3 is 0 Å². The topological polar surface area (TPSA) is 21.7 Å². The Balaban J connectivity index is 1.56. The van der Waals surface area contributed by atoms with E-state index in [1.807, 2.05) is 0 Å². The van der Waals surface area contributed by atoms with Crippen LogP contribution in [0.1, 0.15) is 194 Å². The van der Waals surface area contributed by atoms with Crippen LogP contribution < -0.4 is 0 Å². The highest BCUT2D eigenvalue weighted by Crippen LogP contribution is 2.44. The second-order valence-electron chi connectivity index (χ2n) is 15.3. The number of nitrogens with zero attached hydrogens (tertiary/aromatic N) is 1. The number of fused-ring (bicyclic) bond motifs is 1. The molecule has 2 aliphatic rings. The summed E-state index contributed by atoms with van der Waals surface area (Å²) >= 11 is 0. The first kappa shape index (κ1) is 43.7. The summed E-state index contributed by atoms with van der Waals surface area (Å²) in [6.45, 7) is 4.56. The molecule has 2 fully saturated rings. The van der Waals surface area contributed by atoms with Gasteiger partial charge in [-0.15, -0.1) is 0 Å². The quantitative estimate of drug-likeness (QED) is 0.0522. The van der Waals surface area contributed by atoms with E-state index >= 15 is 0 Å². The highest BCUT2D eigenvalue weighted by molar-refractivity contribution is 4.98. The van der Waals surface area contributed by atoms with Crippen molar-refractivity contribution in [3.63, 3.8) is 0 Å². The first-order valence-corrected chi connectivity index (χ1v) is 21.4. The number of hydrogen-bond donors (Lipinski definition) is 0. The molecule has 0 bridgehead atoms. The maximum atomic E-state index is 6.82. The summed E-state index contributed by atoms with van der Waals surface area (Å²) in [4.78, 5) is 2.35. The molecule has 0 aromatic heterocycles. The third kappa shape index (κ3) is 22.2. The van der Waals surface area contributed by atoms with Gasteiger partial charge in [-0.1, -0.05) is 145 Å². The molecule has 1 saturated heterocycles. The zero-order valence-corrected chi connectivity index (χ0v) is 33.1. The van der Waals surface area contributed by atoms with Gasteiger partial charge in [0, 0.05) is 18.9 Å². The lowest BCUT2D eigenvalue weighted by Gasteiger charge is -2.31. The molecule has 4 atom stereocenters. The maximum Gasteiger partial charge on any atom is 0.169 e. The summed E-state index contributed by atoms with van der Waals surface area (Å²) in [5.74, 6) is -0.336. The fourth-order valence-electron chi connectivity index (χ4n) is 7.41. The van der Waals surface area contributed by atoms with Crippen molar-refractivity contribution in [3.8, 4) is 0 Å². The highest BCUT2D eigenvalue weighted by atomic mass is 16.8. The minimum Gasteiger partial charge on any atom is -0.344 e. The number of unbranched alkanes of at least 4 members (excludes halogenated alkanes) is 17. The molecule has 1 aliphatic heterocycles. The normalized spacial score (nSPS) is 22.9. The zero-order valence-electron chi connectivity index (χ0n) is 33.1. The highest BCUT2D eigenvalue weighted by Gasteiger charge is 2.51. The molecule has 282 valence electrons. The zero-order chi connectivity index (χ0) is 35.1. The Morgan fingerprint density at radius 1 is 0.449 bits per heavy atom. The van der Waals surface area contributed by atoms with E-state index in [4.69, 9.17) is 9.47 Å². The molecule has 3 nitrogen and oxygen atoms in total. The van der Waals surface area contributed by atoms with E-state index in [1.54, 1.807) is 0 Å². The fraction of sp³-hybridized carbons (Fsp3) is 0.783. The van der Waals surface area contributed by atoms with E-state index in [1.165, 1.54) is 128 Å². The molecule has 0 N–H and O–H groups in total. The molecule has 1 aliphatic carbocycles. The molecule has 1 saturated carbocycles. The van der Waals surface area contributed by atoms with Crippen LogP contribution in [0.3, 0.4) is 0 Å². The summed E-state index contributed by atoms with van der Waals surface area (Å²) in [5, 5.41) is 0. The number of allylic oxidation sites excluding steroid dienone is 10. The smallest absolute Gasteiger partial charge is 0.169 e. The summed E-state index contributed by atoms with van der Waals surface area (Å²) in [6, 6.07) is 0.593. The molecule has 0 aromatic carbocycles. The lowest BCUT2D eigenvalue weighted by Crippen LogP contribution is -2.34. The molecule has 2 rings (SSSR count). The van der Waals surface area contributed by atoms with Crippen LogP contribution in [0.5, 0.6) is 0 Å². The lowest BCUT2D eigenvalue weighted by atomic mass is 9.99. The van der Waals surface area contributed by atoms with E-state index in [-0.39, 0.29) is 18.0 Å². The predicted molar refractivity (Wildman–Crippen MR) is 216 cm³/mol. The second kappa shape index (κ2) is 30.2. The van der Waals surface area contributed by atoms with Gasteiger partial charge in [0.2, 0.25) is 0 Å². The molecular weight excluding hydrogens is 599 g/mol. The summed E-state index contributed by atoms with van der Waals surface area (Å²) in [5.41, 5.74) is 0. The molecule has 1 unspecified atom stereocenters. The molecule has 1 heterocycles. The number of hydrogen-bond acceptors (Lipinski definition) is 3. The Morgan fingerprint density at radius 2 is 0.776 bits per heavy atom. The summed E-state index contributed by atoms with van der Waals surface area (Å²) in [6.07, 6.45) is 59.1. The molecule has 0 amide bonds. The van der Waals surface area contributed by atoms with Crippen molar-refractivity contribution >= 4 is 0 Å². The predicted octanol–water partition coefficient (Wildman–Crippen LogP) is 14.2. The summed E-state index contributed by atoms with van der Waals surface area (Å²) < 4.78 is 13.6. The van der Waals surface area contributed by atoms with Gasteiger partial charge in [-0.2, -0.15) is 0 Å². The van der Waals surface area contributed by atoms with E-state index in [9.17, 15) is 0 Å². The molecule has 0 aromatic rings. The Kier molecular flexibility index (Phi) is 27.0. The SMILES string of the molecule is CCCCCC/C=C\C/C=C\C/C=C\CCCCC1(CCCCCCCC/C=C\C/C=C\CCCCCCC)O[C@H]2C[C@H](N(C)C)C[C@H]2O1. The Bertz CT molecular complexity index is 885. The number of ether oxygens (including phenoxy) is 2. The average molecular weight is 680 g/mol. The van der Waals surface area contributed by atoms with Crippen LogP contribution in [0.4, 0.5) is 0 Å². The van der Waals surface area contributed by atoms with E-state index < -0.39 is 0 Å². The van der Waals surface area contributed by atoms with Gasteiger partial charge in [-0.25, -0.2) is 0 Å². The third-order valence-corrected chi connectivity index (χ3v) is 10.6. The second-order valence-corrected chi connectivity index (χ2v) is 15.3. The Morgan fingerprint density at radius 3 is 1.20 bits per heavy atom. The molecule has 0 radical (unpaired) electrons. The maximum absolute atomic E-state index is 6.82. The third-order valence-electron chi connectivity index (χ3n) is 10.6. The van der Waals surface area contributed by atoms with Crippen LogP contribution >= 0.6 is 0 Å². The number of rotatable bonds is 32. The standard InChI is InChI=1S/C46H81NO2/c1-5-7-9-11-13-15-17-19-21-23-24-26-28-30-32-34-36-38-40-46(48-44-41-43(47(3)4)42-45(44)49-46)39-37-35-33-31-29-27-25-22-20-18-16-14-12-10-8-6-2/h16-19,22-25,29,31,43-45H,5-15,20-21,26-28,30,32-42H2,1-4H3/b18-16-,19-17-,24-23-,25-22-,31-29-/t43-,44-,45+,46?. The van der Waals surface area contributed by atoms with E-state index in [0.717, 1.165) is 51.4 Å². The average Bonchev–Trinajstić information content (AvgIpc) is 3.64.